The van der Waals surface area contributed by atoms with E-state index in [-0.39, 0.29) is 15.6 Å². The second kappa shape index (κ2) is 4.35. The summed E-state index contributed by atoms with van der Waals surface area (Å²) in [5.41, 5.74) is 6.28. The average molecular weight is 272 g/mol. The van der Waals surface area contributed by atoms with Gasteiger partial charge in [0.2, 0.25) is 0 Å². The molecule has 1 aromatic heterocycles. The van der Waals surface area contributed by atoms with Crippen LogP contribution in [-0.4, -0.2) is 11.1 Å². The van der Waals surface area contributed by atoms with Crippen LogP contribution in [0.4, 0.5) is 10.1 Å². The number of carboxylic acid groups (broad SMARTS) is 1. The van der Waals surface area contributed by atoms with Crippen molar-refractivity contribution in [3.63, 3.8) is 0 Å². The van der Waals surface area contributed by atoms with Gasteiger partial charge in [-0.3, -0.25) is 0 Å². The van der Waals surface area contributed by atoms with E-state index in [1.54, 1.807) is 6.07 Å². The Morgan fingerprint density at radius 3 is 2.65 bits per heavy atom. The highest BCUT2D eigenvalue weighted by Crippen LogP contribution is 2.34. The Kier molecular flexibility index (Phi) is 3.04. The normalized spacial score (nSPS) is 10.5. The van der Waals surface area contributed by atoms with Gasteiger partial charge in [-0.05, 0) is 23.8 Å². The highest BCUT2D eigenvalue weighted by Gasteiger charge is 2.14. The van der Waals surface area contributed by atoms with Gasteiger partial charge in [0, 0.05) is 4.88 Å². The molecule has 0 radical (unpaired) electrons. The number of anilines is 1. The highest BCUT2D eigenvalue weighted by molar-refractivity contribution is 7.17. The van der Waals surface area contributed by atoms with E-state index in [4.69, 9.17) is 22.4 Å². The molecule has 0 aliphatic rings. The number of hydrogen-bond donors (Lipinski definition) is 2. The summed E-state index contributed by atoms with van der Waals surface area (Å²) in [5.74, 6) is -1.64. The van der Waals surface area contributed by atoms with E-state index in [2.05, 4.69) is 0 Å². The van der Waals surface area contributed by atoms with Crippen molar-refractivity contribution >= 4 is 34.6 Å². The van der Waals surface area contributed by atoms with Crippen LogP contribution in [0.5, 0.6) is 0 Å². The molecule has 0 saturated carbocycles. The lowest BCUT2D eigenvalue weighted by atomic mass is 10.2. The zero-order valence-electron chi connectivity index (χ0n) is 8.41. The number of aromatic carboxylic acids is 1. The van der Waals surface area contributed by atoms with Crippen LogP contribution in [0.3, 0.4) is 0 Å². The summed E-state index contributed by atoms with van der Waals surface area (Å²) < 4.78 is 13.3. The zero-order valence-corrected chi connectivity index (χ0v) is 9.98. The minimum atomic E-state index is -1.09. The summed E-state index contributed by atoms with van der Waals surface area (Å²) in [4.78, 5) is 11.5. The van der Waals surface area contributed by atoms with Crippen molar-refractivity contribution in [3.05, 3.63) is 40.0 Å². The SMILES string of the molecule is Nc1cc(-c2ccc(Cl)c(F)c2)sc1C(=O)O. The number of benzene rings is 1. The molecule has 0 amide bonds. The number of thiophene rings is 1. The first-order chi connectivity index (χ1) is 7.99. The molecule has 88 valence electrons. The first-order valence-corrected chi connectivity index (χ1v) is 5.76. The van der Waals surface area contributed by atoms with E-state index in [0.717, 1.165) is 11.3 Å². The standard InChI is InChI=1S/C11H7ClFNO2S/c12-6-2-1-5(3-7(6)13)9-4-8(14)10(17-9)11(15)16/h1-4H,14H2,(H,15,16). The highest BCUT2D eigenvalue weighted by atomic mass is 35.5. The number of halogens is 2. The lowest BCUT2D eigenvalue weighted by Gasteiger charge is -1.98. The third-order valence-corrected chi connectivity index (χ3v) is 3.65. The van der Waals surface area contributed by atoms with Crippen molar-refractivity contribution in [3.8, 4) is 10.4 Å². The number of carbonyl (C=O) groups is 1. The molecule has 3 nitrogen and oxygen atoms in total. The molecule has 1 heterocycles. The second-order valence-electron chi connectivity index (χ2n) is 3.33. The molecule has 6 heteroatoms. The fourth-order valence-electron chi connectivity index (χ4n) is 1.36. The fourth-order valence-corrected chi connectivity index (χ4v) is 2.40. The topological polar surface area (TPSA) is 63.3 Å². The Hall–Kier alpha value is -1.59. The third kappa shape index (κ3) is 2.25. The maximum Gasteiger partial charge on any atom is 0.348 e. The summed E-state index contributed by atoms with van der Waals surface area (Å²) in [6.07, 6.45) is 0. The van der Waals surface area contributed by atoms with Gasteiger partial charge in [0.15, 0.2) is 0 Å². The Morgan fingerprint density at radius 2 is 2.12 bits per heavy atom. The van der Waals surface area contributed by atoms with E-state index in [1.165, 1.54) is 18.2 Å². The first kappa shape index (κ1) is 11.9. The van der Waals surface area contributed by atoms with Crippen molar-refractivity contribution in [1.82, 2.24) is 0 Å². The predicted octanol–water partition coefficient (Wildman–Crippen LogP) is 3.49. The van der Waals surface area contributed by atoms with Gasteiger partial charge in [-0.15, -0.1) is 11.3 Å². The van der Waals surface area contributed by atoms with Crippen LogP contribution < -0.4 is 5.73 Å². The Morgan fingerprint density at radius 1 is 1.41 bits per heavy atom. The van der Waals surface area contributed by atoms with Gasteiger partial charge >= 0.3 is 5.97 Å². The molecule has 2 aromatic rings. The Bertz CT molecular complexity index is 597. The van der Waals surface area contributed by atoms with Gasteiger partial charge in [-0.25, -0.2) is 9.18 Å². The number of nitrogens with two attached hydrogens (primary N) is 1. The molecule has 0 atom stereocenters. The smallest absolute Gasteiger partial charge is 0.348 e. The number of nitrogen functional groups attached to an aromatic ring is 1. The minimum absolute atomic E-state index is 0.0248. The van der Waals surface area contributed by atoms with Gasteiger partial charge in [0.05, 0.1) is 10.7 Å². The molecule has 1 aromatic carbocycles. The lowest BCUT2D eigenvalue weighted by Crippen LogP contribution is -1.96. The van der Waals surface area contributed by atoms with Crippen LogP contribution in [0.25, 0.3) is 10.4 Å². The monoisotopic (exact) mass is 271 g/mol. The molecule has 0 aliphatic heterocycles. The average Bonchev–Trinajstić information content (AvgIpc) is 2.64. The Labute approximate surface area is 105 Å². The fraction of sp³-hybridized carbons (Fsp3) is 0. The molecule has 17 heavy (non-hydrogen) atoms. The molecule has 0 spiro atoms. The second-order valence-corrected chi connectivity index (χ2v) is 4.79. The molecule has 2 rings (SSSR count). The van der Waals surface area contributed by atoms with Gasteiger partial charge in [-0.1, -0.05) is 17.7 Å². The minimum Gasteiger partial charge on any atom is -0.477 e. The zero-order chi connectivity index (χ0) is 12.6. The van der Waals surface area contributed by atoms with E-state index >= 15 is 0 Å². The molecule has 0 aliphatic carbocycles. The molecule has 0 bridgehead atoms. The summed E-state index contributed by atoms with van der Waals surface area (Å²) >= 11 is 6.57. The van der Waals surface area contributed by atoms with Gasteiger partial charge in [0.25, 0.3) is 0 Å². The summed E-state index contributed by atoms with van der Waals surface area (Å²) in [6.45, 7) is 0. The maximum absolute atomic E-state index is 13.3. The van der Waals surface area contributed by atoms with Crippen molar-refractivity contribution in [1.29, 1.82) is 0 Å². The van der Waals surface area contributed by atoms with Crippen LogP contribution in [0.15, 0.2) is 24.3 Å². The quantitative estimate of drug-likeness (QED) is 0.879. The number of hydrogen-bond acceptors (Lipinski definition) is 3. The number of rotatable bonds is 2. The molecule has 0 fully saturated rings. The van der Waals surface area contributed by atoms with E-state index in [1.807, 2.05) is 0 Å². The molecule has 0 unspecified atom stereocenters. The molecule has 0 saturated heterocycles. The van der Waals surface area contributed by atoms with E-state index in [9.17, 15) is 9.18 Å². The first-order valence-electron chi connectivity index (χ1n) is 4.57. The van der Waals surface area contributed by atoms with Crippen molar-refractivity contribution < 1.29 is 14.3 Å². The third-order valence-electron chi connectivity index (χ3n) is 2.16. The Balaban J connectivity index is 2.50. The molecular formula is C11H7ClFNO2S. The summed E-state index contributed by atoms with van der Waals surface area (Å²) in [6, 6.07) is 5.79. The maximum atomic E-state index is 13.3. The summed E-state index contributed by atoms with van der Waals surface area (Å²) in [5, 5.41) is 8.88. The van der Waals surface area contributed by atoms with Gasteiger partial charge < -0.3 is 10.8 Å². The van der Waals surface area contributed by atoms with Crippen molar-refractivity contribution in [2.45, 2.75) is 0 Å². The van der Waals surface area contributed by atoms with Crippen LogP contribution in [-0.2, 0) is 0 Å². The van der Waals surface area contributed by atoms with Crippen molar-refractivity contribution in [2.24, 2.45) is 0 Å². The largest absolute Gasteiger partial charge is 0.477 e. The van der Waals surface area contributed by atoms with Crippen LogP contribution in [0.2, 0.25) is 5.02 Å². The van der Waals surface area contributed by atoms with Gasteiger partial charge in [0.1, 0.15) is 10.7 Å². The lowest BCUT2D eigenvalue weighted by molar-refractivity contribution is 0.0703. The number of carboxylic acids is 1. The van der Waals surface area contributed by atoms with Crippen molar-refractivity contribution in [2.75, 3.05) is 5.73 Å². The van der Waals surface area contributed by atoms with Gasteiger partial charge in [-0.2, -0.15) is 0 Å². The molecular weight excluding hydrogens is 265 g/mol. The van der Waals surface area contributed by atoms with E-state index in [0.29, 0.717) is 10.4 Å². The van der Waals surface area contributed by atoms with Crippen LogP contribution in [0.1, 0.15) is 9.67 Å². The van der Waals surface area contributed by atoms with E-state index < -0.39 is 11.8 Å². The predicted molar refractivity (Wildman–Crippen MR) is 66.1 cm³/mol. The molecule has 3 N–H and O–H groups in total. The van der Waals surface area contributed by atoms with Crippen LogP contribution in [0, 0.1) is 5.82 Å². The van der Waals surface area contributed by atoms with Crippen LogP contribution >= 0.6 is 22.9 Å². The summed E-state index contributed by atoms with van der Waals surface area (Å²) in [7, 11) is 0.